The van der Waals surface area contributed by atoms with E-state index in [2.05, 4.69) is 31.9 Å². The number of carbonyl (C=O) groups excluding carboxylic acids is 2. The van der Waals surface area contributed by atoms with Crippen molar-refractivity contribution in [3.8, 4) is 11.3 Å². The van der Waals surface area contributed by atoms with Crippen molar-refractivity contribution >= 4 is 50.0 Å². The SMILES string of the molecule is O=C(NNC(=O)c1ccc(Br)s1)c1ccc2noc(-c3ccccc3)c2c1. The lowest BCUT2D eigenvalue weighted by Gasteiger charge is -2.06. The van der Waals surface area contributed by atoms with Gasteiger partial charge in [0.05, 0.1) is 14.0 Å². The molecule has 134 valence electrons. The highest BCUT2D eigenvalue weighted by Crippen LogP contribution is 2.29. The predicted octanol–water partition coefficient (Wildman–Crippen LogP) is 4.39. The molecule has 0 saturated heterocycles. The van der Waals surface area contributed by atoms with Crippen LogP contribution in [-0.2, 0) is 0 Å². The van der Waals surface area contributed by atoms with Crippen molar-refractivity contribution in [3.63, 3.8) is 0 Å². The number of halogens is 1. The van der Waals surface area contributed by atoms with E-state index in [9.17, 15) is 9.59 Å². The monoisotopic (exact) mass is 441 g/mol. The Morgan fingerprint density at radius 1 is 0.963 bits per heavy atom. The first kappa shape index (κ1) is 17.4. The largest absolute Gasteiger partial charge is 0.355 e. The second-order valence-corrected chi connectivity index (χ2v) is 8.08. The van der Waals surface area contributed by atoms with E-state index in [-0.39, 0.29) is 5.91 Å². The second kappa shape index (κ2) is 7.34. The molecule has 2 aromatic heterocycles. The van der Waals surface area contributed by atoms with Crippen LogP contribution in [0.15, 0.2) is 69.0 Å². The Labute approximate surface area is 166 Å². The molecule has 0 atom stereocenters. The number of thiophene rings is 1. The molecule has 0 radical (unpaired) electrons. The number of nitrogens with one attached hydrogen (secondary N) is 2. The van der Waals surface area contributed by atoms with Crippen molar-refractivity contribution in [2.75, 3.05) is 0 Å². The zero-order valence-electron chi connectivity index (χ0n) is 13.7. The number of rotatable bonds is 3. The summed E-state index contributed by atoms with van der Waals surface area (Å²) in [5.41, 5.74) is 6.74. The molecule has 0 aliphatic heterocycles. The lowest BCUT2D eigenvalue weighted by molar-refractivity contribution is 0.0849. The Morgan fingerprint density at radius 2 is 1.74 bits per heavy atom. The molecule has 2 amide bonds. The Bertz CT molecular complexity index is 1140. The van der Waals surface area contributed by atoms with Gasteiger partial charge >= 0.3 is 0 Å². The summed E-state index contributed by atoms with van der Waals surface area (Å²) in [5.74, 6) is -0.219. The number of nitrogens with zero attached hydrogens (tertiary/aromatic N) is 1. The van der Waals surface area contributed by atoms with Gasteiger partial charge in [0.25, 0.3) is 11.8 Å². The molecule has 0 saturated carbocycles. The first-order valence-electron chi connectivity index (χ1n) is 7.93. The van der Waals surface area contributed by atoms with E-state index in [1.54, 1.807) is 30.3 Å². The van der Waals surface area contributed by atoms with Crippen molar-refractivity contribution in [3.05, 3.63) is 74.9 Å². The third-order valence-corrected chi connectivity index (χ3v) is 5.48. The van der Waals surface area contributed by atoms with Gasteiger partial charge in [-0.25, -0.2) is 0 Å². The minimum absolute atomic E-state index is 0.380. The van der Waals surface area contributed by atoms with Gasteiger partial charge in [-0.3, -0.25) is 20.4 Å². The highest BCUT2D eigenvalue weighted by molar-refractivity contribution is 9.11. The van der Waals surface area contributed by atoms with Crippen LogP contribution in [0.1, 0.15) is 20.0 Å². The van der Waals surface area contributed by atoms with E-state index in [0.29, 0.717) is 21.7 Å². The summed E-state index contributed by atoms with van der Waals surface area (Å²) >= 11 is 4.58. The van der Waals surface area contributed by atoms with E-state index in [4.69, 9.17) is 4.52 Å². The molecule has 2 N–H and O–H groups in total. The number of fused-ring (bicyclic) bond motifs is 1. The van der Waals surface area contributed by atoms with Crippen LogP contribution < -0.4 is 10.9 Å². The molecule has 0 spiro atoms. The van der Waals surface area contributed by atoms with Gasteiger partial charge in [0.2, 0.25) is 0 Å². The zero-order valence-corrected chi connectivity index (χ0v) is 16.1. The highest BCUT2D eigenvalue weighted by Gasteiger charge is 2.15. The molecule has 0 unspecified atom stereocenters. The maximum absolute atomic E-state index is 12.4. The fourth-order valence-corrected chi connectivity index (χ4v) is 3.85. The maximum atomic E-state index is 12.4. The number of hydrogen-bond donors (Lipinski definition) is 2. The Hall–Kier alpha value is -2.97. The summed E-state index contributed by atoms with van der Waals surface area (Å²) in [6.07, 6.45) is 0. The maximum Gasteiger partial charge on any atom is 0.279 e. The lowest BCUT2D eigenvalue weighted by Crippen LogP contribution is -2.41. The van der Waals surface area contributed by atoms with E-state index >= 15 is 0 Å². The smallest absolute Gasteiger partial charge is 0.279 e. The minimum atomic E-state index is -0.430. The number of aromatic nitrogens is 1. The molecule has 2 heterocycles. The molecule has 0 aliphatic rings. The van der Waals surface area contributed by atoms with Crippen LogP contribution in [0.2, 0.25) is 0 Å². The standard InChI is InChI=1S/C19H12BrN3O3S/c20-16-9-8-15(27-16)19(25)22-21-18(24)12-6-7-14-13(10-12)17(26-23-14)11-4-2-1-3-5-11/h1-10H,(H,21,24)(H,22,25). The second-order valence-electron chi connectivity index (χ2n) is 5.62. The van der Waals surface area contributed by atoms with Gasteiger partial charge in [-0.2, -0.15) is 0 Å². The average Bonchev–Trinajstić information content (AvgIpc) is 3.32. The summed E-state index contributed by atoms with van der Waals surface area (Å²) < 4.78 is 6.28. The van der Waals surface area contributed by atoms with Crippen molar-refractivity contribution in [2.24, 2.45) is 0 Å². The van der Waals surface area contributed by atoms with Crippen LogP contribution >= 0.6 is 27.3 Å². The van der Waals surface area contributed by atoms with Crippen LogP contribution in [-0.4, -0.2) is 17.0 Å². The average molecular weight is 442 g/mol. The van der Waals surface area contributed by atoms with Gasteiger partial charge in [0.15, 0.2) is 5.76 Å². The number of hydrogen-bond acceptors (Lipinski definition) is 5. The molecule has 0 bridgehead atoms. The van der Waals surface area contributed by atoms with Gasteiger partial charge in [0.1, 0.15) is 5.52 Å². The number of benzene rings is 2. The summed E-state index contributed by atoms with van der Waals surface area (Å²) in [6.45, 7) is 0. The quantitative estimate of drug-likeness (QED) is 0.461. The van der Waals surface area contributed by atoms with Gasteiger partial charge in [-0.1, -0.05) is 35.5 Å². The fourth-order valence-electron chi connectivity index (χ4n) is 2.56. The third kappa shape index (κ3) is 3.62. The van der Waals surface area contributed by atoms with Gasteiger partial charge in [-0.05, 0) is 46.3 Å². The Kier molecular flexibility index (Phi) is 4.74. The minimum Gasteiger partial charge on any atom is -0.355 e. The van der Waals surface area contributed by atoms with Crippen LogP contribution in [0, 0.1) is 0 Å². The molecule has 0 aliphatic carbocycles. The molecule has 4 aromatic rings. The molecule has 2 aromatic carbocycles. The molecule has 8 heteroatoms. The van der Waals surface area contributed by atoms with Crippen molar-refractivity contribution < 1.29 is 14.1 Å². The van der Waals surface area contributed by atoms with E-state index in [1.807, 2.05) is 30.3 Å². The van der Waals surface area contributed by atoms with Gasteiger partial charge in [0, 0.05) is 11.1 Å². The fraction of sp³-hybridized carbons (Fsp3) is 0. The van der Waals surface area contributed by atoms with Crippen molar-refractivity contribution in [1.29, 1.82) is 0 Å². The number of carbonyl (C=O) groups is 2. The normalized spacial score (nSPS) is 10.7. The van der Waals surface area contributed by atoms with Crippen LogP contribution in [0.3, 0.4) is 0 Å². The van der Waals surface area contributed by atoms with E-state index in [0.717, 1.165) is 14.7 Å². The molecule has 4 rings (SSSR count). The molecular formula is C19H12BrN3O3S. The first-order valence-corrected chi connectivity index (χ1v) is 9.53. The summed E-state index contributed by atoms with van der Waals surface area (Å²) in [4.78, 5) is 24.9. The van der Waals surface area contributed by atoms with E-state index < -0.39 is 5.91 Å². The Balaban J connectivity index is 1.54. The van der Waals surface area contributed by atoms with Crippen molar-refractivity contribution in [2.45, 2.75) is 0 Å². The Morgan fingerprint density at radius 3 is 2.48 bits per heavy atom. The summed E-state index contributed by atoms with van der Waals surface area (Å²) in [5, 5.41) is 4.76. The topological polar surface area (TPSA) is 84.2 Å². The van der Waals surface area contributed by atoms with Crippen LogP contribution in [0.4, 0.5) is 0 Å². The predicted molar refractivity (Wildman–Crippen MR) is 106 cm³/mol. The first-order chi connectivity index (χ1) is 13.1. The summed E-state index contributed by atoms with van der Waals surface area (Å²) in [6, 6.07) is 18.0. The zero-order chi connectivity index (χ0) is 18.8. The molecule has 0 fully saturated rings. The van der Waals surface area contributed by atoms with E-state index in [1.165, 1.54) is 11.3 Å². The molecule has 6 nitrogen and oxygen atoms in total. The van der Waals surface area contributed by atoms with Gasteiger partial charge < -0.3 is 4.52 Å². The number of amides is 2. The van der Waals surface area contributed by atoms with Crippen LogP contribution in [0.25, 0.3) is 22.2 Å². The lowest BCUT2D eigenvalue weighted by atomic mass is 10.1. The molecular weight excluding hydrogens is 430 g/mol. The van der Waals surface area contributed by atoms with Gasteiger partial charge in [-0.15, -0.1) is 11.3 Å². The highest BCUT2D eigenvalue weighted by atomic mass is 79.9. The summed E-state index contributed by atoms with van der Waals surface area (Å²) in [7, 11) is 0. The van der Waals surface area contributed by atoms with Crippen LogP contribution in [0.5, 0.6) is 0 Å². The van der Waals surface area contributed by atoms with Crippen molar-refractivity contribution in [1.82, 2.24) is 16.0 Å². The third-order valence-electron chi connectivity index (χ3n) is 3.86. The molecule has 27 heavy (non-hydrogen) atoms. The number of hydrazine groups is 1.